The summed E-state index contributed by atoms with van der Waals surface area (Å²) >= 11 is 0. The molecule has 1 amide bonds. The number of rotatable bonds is 9. The summed E-state index contributed by atoms with van der Waals surface area (Å²) in [6, 6.07) is 8.23. The summed E-state index contributed by atoms with van der Waals surface area (Å²) < 4.78 is 11.2. The molecule has 1 saturated heterocycles. The second kappa shape index (κ2) is 9.93. The molecule has 5 heteroatoms. The molecule has 0 radical (unpaired) electrons. The maximum Gasteiger partial charge on any atom is 0.256 e. The lowest BCUT2D eigenvalue weighted by Gasteiger charge is -2.33. The first-order valence-corrected chi connectivity index (χ1v) is 9.82. The van der Waals surface area contributed by atoms with E-state index in [-0.39, 0.29) is 5.91 Å². The Labute approximate surface area is 158 Å². The summed E-state index contributed by atoms with van der Waals surface area (Å²) in [6.07, 6.45) is 5.64. The van der Waals surface area contributed by atoms with Crippen LogP contribution in [0.25, 0.3) is 0 Å². The van der Waals surface area contributed by atoms with E-state index in [0.717, 1.165) is 24.4 Å². The van der Waals surface area contributed by atoms with Crippen molar-refractivity contribution in [3.8, 4) is 5.75 Å². The number of hydrogen-bond acceptors (Lipinski definition) is 4. The van der Waals surface area contributed by atoms with Gasteiger partial charge in [0, 0.05) is 25.4 Å². The van der Waals surface area contributed by atoms with Gasteiger partial charge in [0.15, 0.2) is 0 Å². The number of hydrogen-bond donors (Lipinski definition) is 1. The largest absolute Gasteiger partial charge is 0.494 e. The lowest BCUT2D eigenvalue weighted by Crippen LogP contribution is -2.41. The summed E-state index contributed by atoms with van der Waals surface area (Å²) in [4.78, 5) is 14.9. The van der Waals surface area contributed by atoms with Crippen molar-refractivity contribution < 1.29 is 14.3 Å². The van der Waals surface area contributed by atoms with Crippen LogP contribution >= 0.6 is 0 Å². The molecule has 1 aromatic rings. The Hall–Kier alpha value is -1.59. The molecular formula is C21H34N2O3. The topological polar surface area (TPSA) is 50.8 Å². The number of piperidine rings is 1. The Bertz CT molecular complexity index is 555. The van der Waals surface area contributed by atoms with Gasteiger partial charge in [-0.05, 0) is 70.3 Å². The summed E-state index contributed by atoms with van der Waals surface area (Å²) in [7, 11) is 1.56. The van der Waals surface area contributed by atoms with E-state index in [1.54, 1.807) is 14.0 Å². The summed E-state index contributed by atoms with van der Waals surface area (Å²) in [5, 5.41) is 2.90. The van der Waals surface area contributed by atoms with E-state index in [9.17, 15) is 4.79 Å². The highest BCUT2D eigenvalue weighted by Gasteiger charge is 2.30. The number of anilines is 1. The van der Waals surface area contributed by atoms with E-state index in [0.29, 0.717) is 19.1 Å². The number of methoxy groups -OCH3 is 1. The number of ether oxygens (including phenoxy) is 2. The molecule has 0 unspecified atom stereocenters. The minimum atomic E-state index is -0.805. The van der Waals surface area contributed by atoms with Crippen molar-refractivity contribution in [3.05, 3.63) is 24.3 Å². The Morgan fingerprint density at radius 2 is 2.04 bits per heavy atom. The van der Waals surface area contributed by atoms with Crippen molar-refractivity contribution >= 4 is 11.6 Å². The predicted octanol–water partition coefficient (Wildman–Crippen LogP) is 4.08. The van der Waals surface area contributed by atoms with Gasteiger partial charge < -0.3 is 19.7 Å². The maximum atomic E-state index is 12.3. The van der Waals surface area contributed by atoms with E-state index >= 15 is 0 Å². The van der Waals surface area contributed by atoms with E-state index < -0.39 is 5.60 Å². The van der Waals surface area contributed by atoms with Gasteiger partial charge in [-0.3, -0.25) is 4.79 Å². The fourth-order valence-corrected chi connectivity index (χ4v) is 3.24. The fourth-order valence-electron chi connectivity index (χ4n) is 3.24. The average molecular weight is 363 g/mol. The molecule has 146 valence electrons. The molecule has 0 aromatic heterocycles. The Kier molecular flexibility index (Phi) is 7.91. The van der Waals surface area contributed by atoms with Gasteiger partial charge in [-0.15, -0.1) is 0 Å². The first kappa shape index (κ1) is 20.7. The monoisotopic (exact) mass is 362 g/mol. The minimum Gasteiger partial charge on any atom is -0.494 e. The minimum absolute atomic E-state index is 0.133. The quantitative estimate of drug-likeness (QED) is 0.673. The molecule has 0 saturated carbocycles. The van der Waals surface area contributed by atoms with Crippen LogP contribution in [0.3, 0.4) is 0 Å². The third-order valence-corrected chi connectivity index (χ3v) is 5.52. The van der Waals surface area contributed by atoms with Crippen molar-refractivity contribution in [1.82, 2.24) is 4.90 Å². The highest BCUT2D eigenvalue weighted by Crippen LogP contribution is 2.20. The molecule has 2 rings (SSSR count). The van der Waals surface area contributed by atoms with Gasteiger partial charge in [0.05, 0.1) is 6.61 Å². The number of nitrogens with one attached hydrogen (secondary N) is 1. The number of nitrogens with zero attached hydrogens (tertiary/aromatic N) is 1. The number of carbonyl (C=O) groups excluding carboxylic acids is 1. The molecule has 0 aliphatic carbocycles. The molecule has 1 N–H and O–H groups in total. The normalized spacial score (nSPS) is 20.4. The Balaban J connectivity index is 1.74. The van der Waals surface area contributed by atoms with Gasteiger partial charge in [-0.2, -0.15) is 0 Å². The van der Waals surface area contributed by atoms with Crippen LogP contribution in [0.2, 0.25) is 0 Å². The van der Waals surface area contributed by atoms with Crippen molar-refractivity contribution in [3.63, 3.8) is 0 Å². The van der Waals surface area contributed by atoms with Gasteiger partial charge in [0.2, 0.25) is 0 Å². The molecule has 5 nitrogen and oxygen atoms in total. The van der Waals surface area contributed by atoms with E-state index in [1.807, 2.05) is 31.2 Å². The van der Waals surface area contributed by atoms with Crippen LogP contribution < -0.4 is 10.1 Å². The van der Waals surface area contributed by atoms with Crippen LogP contribution in [0.5, 0.6) is 5.75 Å². The van der Waals surface area contributed by atoms with Gasteiger partial charge in [0.1, 0.15) is 11.4 Å². The Morgan fingerprint density at radius 1 is 1.31 bits per heavy atom. The molecule has 1 aliphatic heterocycles. The number of benzene rings is 1. The highest BCUT2D eigenvalue weighted by molar-refractivity contribution is 5.97. The van der Waals surface area contributed by atoms with Gasteiger partial charge in [-0.25, -0.2) is 0 Å². The molecule has 1 aromatic carbocycles. The van der Waals surface area contributed by atoms with Crippen molar-refractivity contribution in [1.29, 1.82) is 0 Å². The second-order valence-corrected chi connectivity index (χ2v) is 7.35. The van der Waals surface area contributed by atoms with Crippen LogP contribution in [0.15, 0.2) is 24.3 Å². The van der Waals surface area contributed by atoms with Gasteiger partial charge in [-0.1, -0.05) is 13.3 Å². The first-order chi connectivity index (χ1) is 12.5. The standard InChI is InChI=1S/C21H34N2O3/c1-5-21(3,25-4)20(24)22-18-10-12-19(13-11-18)26-16-8-15-23-14-7-6-9-17(23)2/h10-13,17H,5-9,14-16H2,1-4H3,(H,22,24)/t17-,21+/m0/s1. The van der Waals surface area contributed by atoms with E-state index in [1.165, 1.54) is 25.8 Å². The van der Waals surface area contributed by atoms with Crippen LogP contribution in [0.1, 0.15) is 52.9 Å². The second-order valence-electron chi connectivity index (χ2n) is 7.35. The number of carbonyl (C=O) groups is 1. The SMILES string of the molecule is CC[C@@](C)(OC)C(=O)Nc1ccc(OCCCN2CCCC[C@@H]2C)cc1. The molecule has 26 heavy (non-hydrogen) atoms. The van der Waals surface area contributed by atoms with Crippen LogP contribution in [-0.2, 0) is 9.53 Å². The van der Waals surface area contributed by atoms with Crippen molar-refractivity contribution in [2.45, 2.75) is 64.5 Å². The zero-order chi connectivity index (χ0) is 19.0. The molecule has 2 atom stereocenters. The maximum absolute atomic E-state index is 12.3. The molecule has 1 heterocycles. The summed E-state index contributed by atoms with van der Waals surface area (Å²) in [6.45, 7) is 9.08. The van der Waals surface area contributed by atoms with Crippen LogP contribution in [0.4, 0.5) is 5.69 Å². The molecular weight excluding hydrogens is 328 g/mol. The van der Waals surface area contributed by atoms with Gasteiger partial charge in [0.25, 0.3) is 5.91 Å². The number of likely N-dealkylation sites (tertiary alicyclic amines) is 1. The lowest BCUT2D eigenvalue weighted by atomic mass is 10.0. The number of amides is 1. The third kappa shape index (κ3) is 5.71. The zero-order valence-electron chi connectivity index (χ0n) is 16.7. The van der Waals surface area contributed by atoms with E-state index in [4.69, 9.17) is 9.47 Å². The molecule has 1 fully saturated rings. The zero-order valence-corrected chi connectivity index (χ0v) is 16.7. The van der Waals surface area contributed by atoms with Crippen molar-refractivity contribution in [2.75, 3.05) is 32.1 Å². The lowest BCUT2D eigenvalue weighted by molar-refractivity contribution is -0.136. The Morgan fingerprint density at radius 3 is 2.65 bits per heavy atom. The average Bonchev–Trinajstić information content (AvgIpc) is 2.67. The molecule has 0 bridgehead atoms. The van der Waals surface area contributed by atoms with Crippen LogP contribution in [-0.4, -0.2) is 49.3 Å². The molecule has 0 spiro atoms. The summed E-state index contributed by atoms with van der Waals surface area (Å²) in [5.74, 6) is 0.700. The smallest absolute Gasteiger partial charge is 0.256 e. The summed E-state index contributed by atoms with van der Waals surface area (Å²) in [5.41, 5.74) is -0.0537. The van der Waals surface area contributed by atoms with Crippen molar-refractivity contribution in [2.24, 2.45) is 0 Å². The highest BCUT2D eigenvalue weighted by atomic mass is 16.5. The van der Waals surface area contributed by atoms with E-state index in [2.05, 4.69) is 17.1 Å². The van der Waals surface area contributed by atoms with Crippen LogP contribution in [0, 0.1) is 0 Å². The van der Waals surface area contributed by atoms with Gasteiger partial charge >= 0.3 is 0 Å². The third-order valence-electron chi connectivity index (χ3n) is 5.52. The molecule has 1 aliphatic rings. The first-order valence-electron chi connectivity index (χ1n) is 9.82. The predicted molar refractivity (Wildman–Crippen MR) is 106 cm³/mol. The fraction of sp³-hybridized carbons (Fsp3) is 0.667.